The van der Waals surface area contributed by atoms with Crippen LogP contribution in [0.15, 0.2) is 29.2 Å². The topological polar surface area (TPSA) is 63.7 Å². The Morgan fingerprint density at radius 2 is 1.95 bits per heavy atom. The summed E-state index contributed by atoms with van der Waals surface area (Å²) in [4.78, 5) is 11.5. The Hall–Kier alpha value is -1.54. The molecule has 1 aromatic rings. The van der Waals surface area contributed by atoms with Gasteiger partial charge in [-0.1, -0.05) is 0 Å². The fourth-order valence-electron chi connectivity index (χ4n) is 2.14. The first kappa shape index (κ1) is 16.5. The minimum atomic E-state index is -3.79. The van der Waals surface area contributed by atoms with Crippen molar-refractivity contribution in [3.05, 3.63) is 30.1 Å². The van der Waals surface area contributed by atoms with Gasteiger partial charge in [-0.05, 0) is 37.1 Å². The number of carbonyl (C=O) groups excluding carboxylic acids is 1. The van der Waals surface area contributed by atoms with Crippen LogP contribution in [0.3, 0.4) is 0 Å². The number of ether oxygens (including phenoxy) is 1. The lowest BCUT2D eigenvalue weighted by Gasteiger charge is -2.22. The maximum atomic E-state index is 12.8. The lowest BCUT2D eigenvalue weighted by atomic mass is 10.2. The summed E-state index contributed by atoms with van der Waals surface area (Å²) in [5.74, 6) is -1.08. The molecule has 1 atom stereocenters. The number of methoxy groups -OCH3 is 1. The average molecular weight is 307 g/mol. The van der Waals surface area contributed by atoms with Gasteiger partial charge in [0.25, 0.3) is 0 Å². The molecule has 0 spiro atoms. The number of hydrogen-bond donors (Lipinski definition) is 0. The molecule has 8 heteroatoms. The monoisotopic (exact) mass is 307 g/mol. The Labute approximate surface area is 115 Å². The van der Waals surface area contributed by atoms with Crippen molar-refractivity contribution >= 4 is 16.0 Å². The van der Waals surface area contributed by atoms with Gasteiger partial charge in [0.15, 0.2) is 0 Å². The summed E-state index contributed by atoms with van der Waals surface area (Å²) in [5.41, 5.74) is 0. The number of hydrogen-bond acceptors (Lipinski definition) is 4. The highest BCUT2D eigenvalue weighted by Gasteiger charge is 2.40. The molecule has 1 heterocycles. The van der Waals surface area contributed by atoms with E-state index in [0.29, 0.717) is 12.8 Å². The number of carbonyl (C=O) groups is 1. The van der Waals surface area contributed by atoms with Gasteiger partial charge >= 0.3 is 5.97 Å². The Kier molecular flexibility index (Phi) is 5.18. The maximum absolute atomic E-state index is 12.8. The fourth-order valence-corrected chi connectivity index (χ4v) is 3.79. The molecule has 1 aliphatic rings. The van der Waals surface area contributed by atoms with E-state index >= 15 is 0 Å². The predicted octanol–water partition coefficient (Wildman–Crippen LogP) is 1.30. The molecule has 1 fully saturated rings. The molecule has 5 nitrogen and oxygen atoms in total. The molecule has 0 aliphatic carbocycles. The molecule has 0 amide bonds. The first-order valence-electron chi connectivity index (χ1n) is 5.82. The van der Waals surface area contributed by atoms with Crippen LogP contribution in [-0.4, -0.2) is 38.4 Å². The van der Waals surface area contributed by atoms with E-state index in [1.165, 1.54) is 19.2 Å². The van der Waals surface area contributed by atoms with Crippen molar-refractivity contribution < 1.29 is 27.0 Å². The van der Waals surface area contributed by atoms with Crippen LogP contribution in [-0.2, 0) is 19.6 Å². The van der Waals surface area contributed by atoms with E-state index in [4.69, 9.17) is 0 Å². The van der Waals surface area contributed by atoms with Crippen LogP contribution in [0.1, 0.15) is 12.8 Å². The van der Waals surface area contributed by atoms with Crippen LogP contribution in [0.2, 0.25) is 0 Å². The fraction of sp³-hybridized carbons (Fsp3) is 0.417. The van der Waals surface area contributed by atoms with Gasteiger partial charge in [-0.2, -0.15) is 4.31 Å². The summed E-state index contributed by atoms with van der Waals surface area (Å²) in [6.07, 6.45) is 1.04. The number of rotatable bonds is 3. The largest absolute Gasteiger partial charge is 0.468 e. The van der Waals surface area contributed by atoms with Crippen LogP contribution >= 0.6 is 0 Å². The minimum absolute atomic E-state index is 0. The van der Waals surface area contributed by atoms with Crippen molar-refractivity contribution in [2.75, 3.05) is 13.7 Å². The molecular weight excluding hydrogens is 292 g/mol. The first-order chi connectivity index (χ1) is 8.96. The molecule has 0 radical (unpaired) electrons. The van der Waals surface area contributed by atoms with Crippen molar-refractivity contribution in [3.8, 4) is 0 Å². The summed E-state index contributed by atoms with van der Waals surface area (Å²) >= 11 is 0. The van der Waals surface area contributed by atoms with Crippen LogP contribution in [0, 0.1) is 5.82 Å². The van der Waals surface area contributed by atoms with Crippen molar-refractivity contribution in [2.24, 2.45) is 0 Å². The summed E-state index contributed by atoms with van der Waals surface area (Å²) in [5, 5.41) is 0. The van der Waals surface area contributed by atoms with Gasteiger partial charge in [0.2, 0.25) is 10.0 Å². The smallest absolute Gasteiger partial charge is 0.324 e. The Balaban J connectivity index is 0.00000200. The maximum Gasteiger partial charge on any atom is 0.324 e. The second-order valence-electron chi connectivity index (χ2n) is 4.25. The molecule has 0 aromatic heterocycles. The average Bonchev–Trinajstić information content (AvgIpc) is 2.88. The van der Waals surface area contributed by atoms with Crippen LogP contribution in [0.4, 0.5) is 9.09 Å². The van der Waals surface area contributed by atoms with Crippen molar-refractivity contribution in [2.45, 2.75) is 23.8 Å². The first-order valence-corrected chi connectivity index (χ1v) is 7.26. The SMILES string of the molecule is COC(=O)[C@@H]1CCCN1S(=O)(=O)c1ccc(F)cc1.F. The number of halogens is 2. The van der Waals surface area contributed by atoms with E-state index in [-0.39, 0.29) is 16.1 Å². The van der Waals surface area contributed by atoms with Crippen LogP contribution in [0.25, 0.3) is 0 Å². The molecule has 2 rings (SSSR count). The lowest BCUT2D eigenvalue weighted by Crippen LogP contribution is -2.41. The molecule has 1 aromatic carbocycles. The third-order valence-electron chi connectivity index (χ3n) is 3.10. The zero-order valence-electron chi connectivity index (χ0n) is 10.8. The minimum Gasteiger partial charge on any atom is -0.468 e. The summed E-state index contributed by atoms with van der Waals surface area (Å²) in [7, 11) is -2.57. The zero-order valence-corrected chi connectivity index (χ0v) is 11.6. The van der Waals surface area contributed by atoms with Gasteiger partial charge in [-0.25, -0.2) is 12.8 Å². The van der Waals surface area contributed by atoms with Crippen molar-refractivity contribution in [1.82, 2.24) is 4.31 Å². The Morgan fingerprint density at radius 3 is 2.50 bits per heavy atom. The number of esters is 1. The molecule has 112 valence electrons. The van der Waals surface area contributed by atoms with Gasteiger partial charge in [-0.3, -0.25) is 9.50 Å². The molecule has 1 aliphatic heterocycles. The lowest BCUT2D eigenvalue weighted by molar-refractivity contribution is -0.144. The van der Waals surface area contributed by atoms with Gasteiger partial charge < -0.3 is 4.74 Å². The molecule has 0 saturated carbocycles. The molecule has 0 unspecified atom stereocenters. The number of nitrogens with zero attached hydrogens (tertiary/aromatic N) is 1. The number of benzene rings is 1. The molecule has 1 saturated heterocycles. The quantitative estimate of drug-likeness (QED) is 0.790. The summed E-state index contributed by atoms with van der Waals surface area (Å²) in [6.45, 7) is 0.263. The van der Waals surface area contributed by atoms with E-state index < -0.39 is 27.9 Å². The van der Waals surface area contributed by atoms with Gasteiger partial charge in [0.1, 0.15) is 11.9 Å². The van der Waals surface area contributed by atoms with Gasteiger partial charge in [0, 0.05) is 6.54 Å². The van der Waals surface area contributed by atoms with Gasteiger partial charge in [-0.15, -0.1) is 0 Å². The van der Waals surface area contributed by atoms with Crippen LogP contribution < -0.4 is 0 Å². The van der Waals surface area contributed by atoms with Crippen molar-refractivity contribution in [3.63, 3.8) is 0 Å². The van der Waals surface area contributed by atoms with Crippen LogP contribution in [0.5, 0.6) is 0 Å². The normalized spacial score (nSPS) is 19.4. The van der Waals surface area contributed by atoms with E-state index in [9.17, 15) is 17.6 Å². The second kappa shape index (κ2) is 6.27. The molecule has 0 N–H and O–H groups in total. The Morgan fingerprint density at radius 1 is 1.35 bits per heavy atom. The van der Waals surface area contributed by atoms with Gasteiger partial charge in [0.05, 0.1) is 12.0 Å². The van der Waals surface area contributed by atoms with E-state index in [2.05, 4.69) is 4.74 Å². The van der Waals surface area contributed by atoms with E-state index in [1.54, 1.807) is 0 Å². The Bertz CT molecular complexity index is 574. The second-order valence-corrected chi connectivity index (χ2v) is 6.14. The zero-order chi connectivity index (χ0) is 14.0. The summed E-state index contributed by atoms with van der Waals surface area (Å²) in [6, 6.07) is 3.75. The molecule has 0 bridgehead atoms. The highest BCUT2D eigenvalue weighted by atomic mass is 32.2. The van der Waals surface area contributed by atoms with E-state index in [1.807, 2.05) is 0 Å². The predicted molar refractivity (Wildman–Crippen MR) is 67.8 cm³/mol. The molecular formula is C12H15F2NO4S. The highest BCUT2D eigenvalue weighted by Crippen LogP contribution is 2.26. The third-order valence-corrected chi connectivity index (χ3v) is 5.02. The standard InChI is InChI=1S/C12H14FNO4S.FH/c1-18-12(15)11-3-2-8-14(11)19(16,17)10-6-4-9(13)5-7-10;/h4-7,11H,2-3,8H2,1H3;1H/t11-;/m0./s1. The highest BCUT2D eigenvalue weighted by molar-refractivity contribution is 7.89. The number of sulfonamides is 1. The van der Waals surface area contributed by atoms with Crippen molar-refractivity contribution in [1.29, 1.82) is 0 Å². The molecule has 20 heavy (non-hydrogen) atoms. The summed E-state index contributed by atoms with van der Waals surface area (Å²) < 4.78 is 43.3. The third kappa shape index (κ3) is 2.96. The van der Waals surface area contributed by atoms with E-state index in [0.717, 1.165) is 16.4 Å².